The molecule has 0 bridgehead atoms. The van der Waals surface area contributed by atoms with Gasteiger partial charge < -0.3 is 0 Å². The van der Waals surface area contributed by atoms with Crippen LogP contribution in [-0.2, 0) is 13.1 Å². The predicted molar refractivity (Wildman–Crippen MR) is 124 cm³/mol. The number of nitrogens with zero attached hydrogens (tertiary/aromatic N) is 2. The Morgan fingerprint density at radius 1 is 0.607 bits per heavy atom. The Labute approximate surface area is 178 Å². The maximum atomic E-state index is 11.2. The van der Waals surface area contributed by atoms with Gasteiger partial charge in [0.25, 0.3) is 11.1 Å². The molecule has 0 aliphatic carbocycles. The Morgan fingerprint density at radius 2 is 0.964 bits per heavy atom. The van der Waals surface area contributed by atoms with Crippen LogP contribution >= 0.6 is 23.1 Å². The summed E-state index contributed by atoms with van der Waals surface area (Å²) >= 11 is 3.04. The van der Waals surface area contributed by atoms with E-state index in [2.05, 4.69) is 13.8 Å². The fourth-order valence-electron chi connectivity index (χ4n) is 2.99. The highest BCUT2D eigenvalue weighted by Gasteiger charge is 1.97. The summed E-state index contributed by atoms with van der Waals surface area (Å²) in [4.78, 5) is 22.3. The summed E-state index contributed by atoms with van der Waals surface area (Å²) in [5.74, 6) is 0. The molecule has 2 aromatic rings. The zero-order chi connectivity index (χ0) is 20.5. The van der Waals surface area contributed by atoms with Gasteiger partial charge >= 0.3 is 0 Å². The van der Waals surface area contributed by atoms with Crippen LogP contribution < -0.4 is 11.1 Å². The molecule has 2 aromatic heterocycles. The van der Waals surface area contributed by atoms with Crippen molar-refractivity contribution in [1.29, 1.82) is 0 Å². The minimum atomic E-state index is 0.156. The fraction of sp³-hybridized carbons (Fsp3) is 0.727. The van der Waals surface area contributed by atoms with Crippen molar-refractivity contribution in [1.82, 2.24) is 7.91 Å². The normalized spacial score (nSPS) is 10.6. The molecule has 6 heteroatoms. The lowest BCUT2D eigenvalue weighted by Crippen LogP contribution is -2.11. The summed E-state index contributed by atoms with van der Waals surface area (Å²) in [5, 5.41) is 3.72. The van der Waals surface area contributed by atoms with Gasteiger partial charge in [-0.25, -0.2) is 0 Å². The van der Waals surface area contributed by atoms with Gasteiger partial charge in [-0.15, -0.1) is 0 Å². The van der Waals surface area contributed by atoms with Crippen LogP contribution in [0, 0.1) is 0 Å². The Bertz CT molecular complexity index is 639. The number of unbranched alkanes of at least 4 members (excludes halogenated alkanes) is 10. The third-order valence-corrected chi connectivity index (χ3v) is 6.47. The molecule has 0 aliphatic heterocycles. The second kappa shape index (κ2) is 16.8. The zero-order valence-electron chi connectivity index (χ0n) is 17.7. The number of hydrogen-bond donors (Lipinski definition) is 0. The van der Waals surface area contributed by atoms with Crippen molar-refractivity contribution in [3.63, 3.8) is 0 Å². The van der Waals surface area contributed by atoms with Crippen molar-refractivity contribution < 1.29 is 0 Å². The van der Waals surface area contributed by atoms with E-state index in [4.69, 9.17) is 0 Å². The minimum Gasteiger partial charge on any atom is -0.268 e. The number of aromatic nitrogens is 2. The monoisotopic (exact) mass is 426 g/mol. The molecule has 0 aliphatic rings. The maximum absolute atomic E-state index is 11.2. The molecule has 0 atom stereocenters. The van der Waals surface area contributed by atoms with Gasteiger partial charge in [0.2, 0.25) is 0 Å². The molecule has 2 rings (SSSR count). The average molecular weight is 427 g/mol. The standard InChI is InChI=1S/2C11H19NOS/c2*1-2-3-4-5-6-7-9-12-11(13)8-10-14-12/h2*8,10H,2-7,9H2,1H3. The summed E-state index contributed by atoms with van der Waals surface area (Å²) < 4.78 is 3.67. The molecule has 0 saturated heterocycles. The number of hydrogen-bond acceptors (Lipinski definition) is 4. The Kier molecular flexibility index (Phi) is 14.9. The predicted octanol–water partition coefficient (Wildman–Crippen LogP) is 6.54. The summed E-state index contributed by atoms with van der Waals surface area (Å²) in [6.45, 7) is 6.27. The molecule has 0 fully saturated rings. The molecule has 4 nitrogen and oxygen atoms in total. The van der Waals surface area contributed by atoms with Crippen LogP contribution in [0.4, 0.5) is 0 Å². The largest absolute Gasteiger partial charge is 0.268 e. The van der Waals surface area contributed by atoms with E-state index in [-0.39, 0.29) is 11.1 Å². The molecule has 0 unspecified atom stereocenters. The van der Waals surface area contributed by atoms with Gasteiger partial charge in [0.1, 0.15) is 0 Å². The summed E-state index contributed by atoms with van der Waals surface area (Å²) in [5.41, 5.74) is 0.312. The van der Waals surface area contributed by atoms with E-state index in [0.717, 1.165) is 25.9 Å². The summed E-state index contributed by atoms with van der Waals surface area (Å²) in [7, 11) is 0. The molecule has 28 heavy (non-hydrogen) atoms. The van der Waals surface area contributed by atoms with E-state index in [0.29, 0.717) is 0 Å². The molecule has 0 N–H and O–H groups in total. The van der Waals surface area contributed by atoms with Crippen molar-refractivity contribution in [3.8, 4) is 0 Å². The van der Waals surface area contributed by atoms with Crippen LogP contribution in [0.2, 0.25) is 0 Å². The van der Waals surface area contributed by atoms with Crippen molar-refractivity contribution >= 4 is 23.1 Å². The lowest BCUT2D eigenvalue weighted by atomic mass is 10.1. The first-order valence-electron chi connectivity index (χ1n) is 11.0. The van der Waals surface area contributed by atoms with Crippen molar-refractivity contribution in [2.24, 2.45) is 0 Å². The second-order valence-electron chi connectivity index (χ2n) is 7.23. The summed E-state index contributed by atoms with van der Waals surface area (Å²) in [6.07, 6.45) is 15.4. The van der Waals surface area contributed by atoms with Crippen LogP contribution in [-0.4, -0.2) is 7.91 Å². The molecule has 0 saturated carbocycles. The molecule has 2 heterocycles. The van der Waals surface area contributed by atoms with Crippen LogP contribution in [0.1, 0.15) is 90.9 Å². The Balaban J connectivity index is 0.000000280. The topological polar surface area (TPSA) is 44.0 Å². The molecule has 0 radical (unpaired) electrons. The molecular weight excluding hydrogens is 388 g/mol. The van der Waals surface area contributed by atoms with Crippen LogP contribution in [0.25, 0.3) is 0 Å². The first-order valence-corrected chi connectivity index (χ1v) is 12.7. The van der Waals surface area contributed by atoms with Gasteiger partial charge in [-0.3, -0.25) is 17.5 Å². The van der Waals surface area contributed by atoms with Crippen LogP contribution in [0.15, 0.2) is 32.5 Å². The molecule has 0 spiro atoms. The van der Waals surface area contributed by atoms with Crippen molar-refractivity contribution in [2.45, 2.75) is 104 Å². The smallest absolute Gasteiger partial charge is 0.260 e. The van der Waals surface area contributed by atoms with Crippen LogP contribution in [0.3, 0.4) is 0 Å². The van der Waals surface area contributed by atoms with Gasteiger partial charge in [-0.1, -0.05) is 101 Å². The lowest BCUT2D eigenvalue weighted by Gasteiger charge is -2.00. The van der Waals surface area contributed by atoms with Gasteiger partial charge in [-0.2, -0.15) is 0 Å². The van der Waals surface area contributed by atoms with E-state index in [9.17, 15) is 9.59 Å². The summed E-state index contributed by atoms with van der Waals surface area (Å²) in [6, 6.07) is 3.28. The molecule has 160 valence electrons. The van der Waals surface area contributed by atoms with E-state index in [1.54, 1.807) is 12.1 Å². The minimum absolute atomic E-state index is 0.156. The Morgan fingerprint density at radius 3 is 1.29 bits per heavy atom. The third-order valence-electron chi connectivity index (χ3n) is 4.72. The third kappa shape index (κ3) is 11.6. The van der Waals surface area contributed by atoms with Gasteiger partial charge in [-0.05, 0) is 12.8 Å². The molecule has 0 amide bonds. The lowest BCUT2D eigenvalue weighted by molar-refractivity contribution is 0.569. The maximum Gasteiger partial charge on any atom is 0.260 e. The first-order chi connectivity index (χ1) is 13.7. The van der Waals surface area contributed by atoms with Gasteiger partial charge in [0, 0.05) is 36.0 Å². The van der Waals surface area contributed by atoms with Crippen molar-refractivity contribution in [2.75, 3.05) is 0 Å². The SMILES string of the molecule is CCCCCCCCn1sccc1=O.CCCCCCCCn1sccc1=O. The van der Waals surface area contributed by atoms with Gasteiger partial charge in [0.05, 0.1) is 0 Å². The van der Waals surface area contributed by atoms with E-state index in [1.165, 1.54) is 87.3 Å². The highest BCUT2D eigenvalue weighted by molar-refractivity contribution is 7.04. The second-order valence-corrected chi connectivity index (χ2v) is 9.08. The van der Waals surface area contributed by atoms with E-state index < -0.39 is 0 Å². The zero-order valence-corrected chi connectivity index (χ0v) is 19.4. The molecule has 0 aromatic carbocycles. The van der Waals surface area contributed by atoms with E-state index in [1.807, 2.05) is 18.7 Å². The van der Waals surface area contributed by atoms with E-state index >= 15 is 0 Å². The Hall–Kier alpha value is -1.14. The first kappa shape index (κ1) is 24.9. The van der Waals surface area contributed by atoms with Crippen LogP contribution in [0.5, 0.6) is 0 Å². The number of aryl methyl sites for hydroxylation is 2. The highest BCUT2D eigenvalue weighted by atomic mass is 32.1. The van der Waals surface area contributed by atoms with Gasteiger partial charge in [0.15, 0.2) is 0 Å². The van der Waals surface area contributed by atoms with Crippen molar-refractivity contribution in [3.05, 3.63) is 43.6 Å². The molecular formula is C22H38N2O2S2. The highest BCUT2D eigenvalue weighted by Crippen LogP contribution is 2.07. The number of rotatable bonds is 14. The quantitative estimate of drug-likeness (QED) is 0.322. The fourth-order valence-corrected chi connectivity index (χ4v) is 4.44. The average Bonchev–Trinajstić information content (AvgIpc) is 3.29.